The minimum absolute atomic E-state index is 0.0892. The van der Waals surface area contributed by atoms with E-state index < -0.39 is 17.9 Å². The largest absolute Gasteiger partial charge is 0.412 e. The van der Waals surface area contributed by atoms with Gasteiger partial charge in [-0.15, -0.1) is 17.9 Å². The molecule has 21 heavy (non-hydrogen) atoms. The van der Waals surface area contributed by atoms with Gasteiger partial charge in [0.1, 0.15) is 0 Å². The van der Waals surface area contributed by atoms with Crippen LogP contribution < -0.4 is 0 Å². The summed E-state index contributed by atoms with van der Waals surface area (Å²) in [6.07, 6.45) is -1.80. The molecular weight excluding hydrogens is 299 g/mol. The van der Waals surface area contributed by atoms with Gasteiger partial charge in [0.25, 0.3) is 0 Å². The molecule has 0 radical (unpaired) electrons. The molecular formula is C15H18F3NOS. The van der Waals surface area contributed by atoms with Gasteiger partial charge < -0.3 is 5.11 Å². The van der Waals surface area contributed by atoms with Gasteiger partial charge in [-0.2, -0.15) is 13.2 Å². The number of aryl methyl sites for hydroxylation is 1. The zero-order chi connectivity index (χ0) is 16.0. The average Bonchev–Trinajstić information content (AvgIpc) is 2.78. The van der Waals surface area contributed by atoms with Crippen molar-refractivity contribution in [3.8, 4) is 0 Å². The van der Waals surface area contributed by atoms with E-state index in [2.05, 4.69) is 11.6 Å². The molecule has 1 N–H and O–H groups in total. The van der Waals surface area contributed by atoms with Crippen molar-refractivity contribution in [2.24, 2.45) is 0 Å². The Morgan fingerprint density at radius 3 is 2.67 bits per heavy atom. The number of allylic oxidation sites excluding steroid dienone is 2. The van der Waals surface area contributed by atoms with Crippen molar-refractivity contribution in [1.29, 1.82) is 0 Å². The van der Waals surface area contributed by atoms with Crippen LogP contribution in [0.1, 0.15) is 30.5 Å². The highest BCUT2D eigenvalue weighted by Crippen LogP contribution is 2.29. The minimum Gasteiger partial charge on any atom is -0.388 e. The summed E-state index contributed by atoms with van der Waals surface area (Å²) in [4.78, 5) is 4.22. The fourth-order valence-electron chi connectivity index (χ4n) is 1.69. The van der Waals surface area contributed by atoms with Crippen LogP contribution in [0.5, 0.6) is 0 Å². The average molecular weight is 317 g/mol. The second-order valence-corrected chi connectivity index (χ2v) is 5.71. The summed E-state index contributed by atoms with van der Waals surface area (Å²) < 4.78 is 38.1. The van der Waals surface area contributed by atoms with Crippen LogP contribution in [0.25, 0.3) is 6.08 Å². The molecule has 1 aromatic rings. The molecule has 1 rings (SSSR count). The molecule has 1 aromatic heterocycles. The van der Waals surface area contributed by atoms with E-state index in [1.165, 1.54) is 17.4 Å². The SMILES string of the molecule is C=CC/C(=C\CC(O)/C(C)=C/c1csc(C)n1)C(F)(F)F. The third kappa shape index (κ3) is 5.85. The fourth-order valence-corrected chi connectivity index (χ4v) is 2.26. The van der Waals surface area contributed by atoms with Crippen LogP contribution in [0.4, 0.5) is 13.2 Å². The van der Waals surface area contributed by atoms with Crippen molar-refractivity contribution in [3.63, 3.8) is 0 Å². The van der Waals surface area contributed by atoms with Crippen LogP contribution in [-0.2, 0) is 0 Å². The molecule has 0 amide bonds. The van der Waals surface area contributed by atoms with E-state index in [0.29, 0.717) is 11.3 Å². The van der Waals surface area contributed by atoms with Crippen molar-refractivity contribution < 1.29 is 18.3 Å². The number of alkyl halides is 3. The summed E-state index contributed by atoms with van der Waals surface area (Å²) in [5, 5.41) is 12.7. The van der Waals surface area contributed by atoms with Crippen molar-refractivity contribution >= 4 is 17.4 Å². The Balaban J connectivity index is 2.77. The van der Waals surface area contributed by atoms with Gasteiger partial charge in [-0.25, -0.2) is 4.98 Å². The van der Waals surface area contributed by atoms with Gasteiger partial charge in [-0.05, 0) is 38.3 Å². The monoisotopic (exact) mass is 317 g/mol. The lowest BCUT2D eigenvalue weighted by Gasteiger charge is -2.12. The van der Waals surface area contributed by atoms with Crippen LogP contribution in [0.3, 0.4) is 0 Å². The summed E-state index contributed by atoms with van der Waals surface area (Å²) in [7, 11) is 0. The smallest absolute Gasteiger partial charge is 0.388 e. The number of aromatic nitrogens is 1. The normalized spacial score (nSPS) is 15.1. The first-order chi connectivity index (χ1) is 9.74. The molecule has 0 aliphatic rings. The van der Waals surface area contributed by atoms with E-state index in [0.717, 1.165) is 11.1 Å². The molecule has 0 saturated carbocycles. The van der Waals surface area contributed by atoms with Crippen LogP contribution in [0.2, 0.25) is 0 Å². The number of aliphatic hydroxyl groups excluding tert-OH is 1. The first-order valence-electron chi connectivity index (χ1n) is 6.39. The van der Waals surface area contributed by atoms with E-state index in [-0.39, 0.29) is 12.8 Å². The second-order valence-electron chi connectivity index (χ2n) is 4.65. The van der Waals surface area contributed by atoms with Gasteiger partial charge in [0, 0.05) is 11.0 Å². The van der Waals surface area contributed by atoms with Crippen molar-refractivity contribution in [2.45, 2.75) is 39.0 Å². The van der Waals surface area contributed by atoms with Crippen molar-refractivity contribution in [1.82, 2.24) is 4.98 Å². The number of halogens is 3. The van der Waals surface area contributed by atoms with Gasteiger partial charge >= 0.3 is 6.18 Å². The summed E-state index contributed by atoms with van der Waals surface area (Å²) in [5.41, 5.74) is 0.602. The molecule has 6 heteroatoms. The van der Waals surface area contributed by atoms with Crippen LogP contribution in [0.15, 0.2) is 35.3 Å². The van der Waals surface area contributed by atoms with Gasteiger partial charge in [0.15, 0.2) is 0 Å². The Bertz CT molecular complexity index is 543. The summed E-state index contributed by atoms with van der Waals surface area (Å²) in [6, 6.07) is 0. The molecule has 1 unspecified atom stereocenters. The lowest BCUT2D eigenvalue weighted by atomic mass is 10.0. The third-order valence-electron chi connectivity index (χ3n) is 2.85. The molecule has 0 saturated heterocycles. The highest BCUT2D eigenvalue weighted by Gasteiger charge is 2.32. The molecule has 2 nitrogen and oxygen atoms in total. The van der Waals surface area contributed by atoms with E-state index >= 15 is 0 Å². The van der Waals surface area contributed by atoms with Crippen LogP contribution in [-0.4, -0.2) is 22.4 Å². The third-order valence-corrected chi connectivity index (χ3v) is 3.65. The first-order valence-corrected chi connectivity index (χ1v) is 7.27. The van der Waals surface area contributed by atoms with Crippen LogP contribution in [0, 0.1) is 6.92 Å². The van der Waals surface area contributed by atoms with Gasteiger partial charge in [0.05, 0.1) is 16.8 Å². The Labute approximate surface area is 126 Å². The van der Waals surface area contributed by atoms with E-state index in [1.807, 2.05) is 12.3 Å². The summed E-state index contributed by atoms with van der Waals surface area (Å²) >= 11 is 1.48. The number of aliphatic hydroxyl groups is 1. The highest BCUT2D eigenvalue weighted by molar-refractivity contribution is 7.09. The molecule has 116 valence electrons. The fraction of sp³-hybridized carbons (Fsp3) is 0.400. The quantitative estimate of drug-likeness (QED) is 0.773. The van der Waals surface area contributed by atoms with E-state index in [4.69, 9.17) is 0 Å². The van der Waals surface area contributed by atoms with Crippen molar-refractivity contribution in [3.05, 3.63) is 46.0 Å². The summed E-state index contributed by atoms with van der Waals surface area (Å²) in [6.45, 7) is 6.85. The zero-order valence-electron chi connectivity index (χ0n) is 11.9. The molecule has 0 bridgehead atoms. The van der Waals surface area contributed by atoms with Gasteiger partial charge in [0.2, 0.25) is 0 Å². The van der Waals surface area contributed by atoms with Gasteiger partial charge in [-0.1, -0.05) is 12.2 Å². The molecule has 0 aliphatic heterocycles. The predicted octanol–water partition coefficient (Wildman–Crippen LogP) is 4.67. The summed E-state index contributed by atoms with van der Waals surface area (Å²) in [5.74, 6) is 0. The minimum atomic E-state index is -4.39. The highest BCUT2D eigenvalue weighted by atomic mass is 32.1. The number of nitrogens with zero attached hydrogens (tertiary/aromatic N) is 1. The molecule has 0 spiro atoms. The van der Waals surface area contributed by atoms with Crippen LogP contribution >= 0.6 is 11.3 Å². The Hall–Kier alpha value is -1.40. The predicted molar refractivity (Wildman–Crippen MR) is 80.1 cm³/mol. The molecule has 1 atom stereocenters. The second kappa shape index (κ2) is 7.56. The first kappa shape index (κ1) is 17.7. The Kier molecular flexibility index (Phi) is 6.36. The maximum atomic E-state index is 12.7. The molecule has 1 heterocycles. The standard InChI is InChI=1S/C15H18F3NOS/c1-4-5-12(15(16,17)18)6-7-14(20)10(2)8-13-9-21-11(3)19-13/h4,6,8-9,14,20H,1,5,7H2,2-3H3/b10-8+,12-6+. The van der Waals surface area contributed by atoms with E-state index in [9.17, 15) is 18.3 Å². The maximum absolute atomic E-state index is 12.7. The molecule has 0 fully saturated rings. The zero-order valence-corrected chi connectivity index (χ0v) is 12.8. The van der Waals surface area contributed by atoms with Crippen molar-refractivity contribution in [2.75, 3.05) is 0 Å². The number of thiazole rings is 1. The Morgan fingerprint density at radius 2 is 2.19 bits per heavy atom. The molecule has 0 aliphatic carbocycles. The molecule has 0 aromatic carbocycles. The maximum Gasteiger partial charge on any atom is 0.412 e. The number of hydrogen-bond acceptors (Lipinski definition) is 3. The van der Waals surface area contributed by atoms with Gasteiger partial charge in [-0.3, -0.25) is 0 Å². The topological polar surface area (TPSA) is 33.1 Å². The van der Waals surface area contributed by atoms with E-state index in [1.54, 1.807) is 13.0 Å². The number of rotatable bonds is 6. The number of hydrogen-bond donors (Lipinski definition) is 1. The Morgan fingerprint density at radius 1 is 1.52 bits per heavy atom. The lowest BCUT2D eigenvalue weighted by molar-refractivity contribution is -0.0932. The lowest BCUT2D eigenvalue weighted by Crippen LogP contribution is -2.13.